The highest BCUT2D eigenvalue weighted by Gasteiger charge is 2.36. The fourth-order valence-corrected chi connectivity index (χ4v) is 3.40. The molecule has 0 radical (unpaired) electrons. The predicted octanol–water partition coefficient (Wildman–Crippen LogP) is 2.65. The summed E-state index contributed by atoms with van der Waals surface area (Å²) in [5.41, 5.74) is 0.266. The molecule has 0 unspecified atom stereocenters. The summed E-state index contributed by atoms with van der Waals surface area (Å²) in [7, 11) is 1.60. The molecule has 0 atom stereocenters. The molecule has 2 N–H and O–H groups in total. The van der Waals surface area contributed by atoms with E-state index in [2.05, 4.69) is 10.6 Å². The SMILES string of the molecule is CNc1cccc(C(=O)NCC2(SC)CCC2)c1[N+](=O)[O-]. The van der Waals surface area contributed by atoms with Crippen molar-refractivity contribution in [1.82, 2.24) is 5.32 Å². The highest BCUT2D eigenvalue weighted by molar-refractivity contribution is 8.00. The zero-order valence-corrected chi connectivity index (χ0v) is 13.0. The van der Waals surface area contributed by atoms with Crippen LogP contribution < -0.4 is 10.6 Å². The number of thioether (sulfide) groups is 1. The van der Waals surface area contributed by atoms with Crippen LogP contribution in [0.15, 0.2) is 18.2 Å². The summed E-state index contributed by atoms with van der Waals surface area (Å²) in [5, 5.41) is 16.8. The molecule has 114 valence electrons. The van der Waals surface area contributed by atoms with Crippen LogP contribution in [-0.4, -0.2) is 35.4 Å². The van der Waals surface area contributed by atoms with Crippen molar-refractivity contribution in [1.29, 1.82) is 0 Å². The van der Waals surface area contributed by atoms with E-state index < -0.39 is 4.92 Å². The number of amides is 1. The van der Waals surface area contributed by atoms with Gasteiger partial charge in [0.15, 0.2) is 0 Å². The van der Waals surface area contributed by atoms with Crippen molar-refractivity contribution in [3.05, 3.63) is 33.9 Å². The average Bonchev–Trinajstić information content (AvgIpc) is 2.45. The Morgan fingerprint density at radius 1 is 1.48 bits per heavy atom. The van der Waals surface area contributed by atoms with E-state index in [9.17, 15) is 14.9 Å². The lowest BCUT2D eigenvalue weighted by atomic mass is 9.84. The molecule has 1 fully saturated rings. The number of hydrogen-bond acceptors (Lipinski definition) is 5. The molecule has 0 bridgehead atoms. The van der Waals surface area contributed by atoms with Gasteiger partial charge in [-0.05, 0) is 31.2 Å². The third kappa shape index (κ3) is 3.12. The van der Waals surface area contributed by atoms with E-state index in [0.717, 1.165) is 12.8 Å². The number of para-hydroxylation sites is 1. The van der Waals surface area contributed by atoms with Crippen LogP contribution in [0.5, 0.6) is 0 Å². The summed E-state index contributed by atoms with van der Waals surface area (Å²) in [6.07, 6.45) is 5.36. The molecule has 0 aromatic heterocycles. The van der Waals surface area contributed by atoms with Gasteiger partial charge >= 0.3 is 5.69 Å². The van der Waals surface area contributed by atoms with Crippen molar-refractivity contribution < 1.29 is 9.72 Å². The number of nitrogens with zero attached hydrogens (tertiary/aromatic N) is 1. The molecule has 2 rings (SSSR count). The summed E-state index contributed by atoms with van der Waals surface area (Å²) >= 11 is 1.75. The average molecular weight is 309 g/mol. The number of nitro benzene ring substituents is 1. The molecule has 0 saturated heterocycles. The molecule has 1 saturated carbocycles. The van der Waals surface area contributed by atoms with E-state index >= 15 is 0 Å². The molecule has 6 nitrogen and oxygen atoms in total. The topological polar surface area (TPSA) is 84.3 Å². The molecule has 21 heavy (non-hydrogen) atoms. The van der Waals surface area contributed by atoms with Crippen LogP contribution in [0, 0.1) is 10.1 Å². The van der Waals surface area contributed by atoms with Crippen LogP contribution in [0.4, 0.5) is 11.4 Å². The van der Waals surface area contributed by atoms with E-state index in [1.165, 1.54) is 12.5 Å². The highest BCUT2D eigenvalue weighted by atomic mass is 32.2. The fourth-order valence-electron chi connectivity index (χ4n) is 2.49. The minimum atomic E-state index is -0.519. The summed E-state index contributed by atoms with van der Waals surface area (Å²) < 4.78 is 0.102. The second-order valence-electron chi connectivity index (χ2n) is 5.13. The summed E-state index contributed by atoms with van der Waals surface area (Å²) in [4.78, 5) is 23.0. The second kappa shape index (κ2) is 6.34. The van der Waals surface area contributed by atoms with E-state index in [1.807, 2.05) is 6.26 Å². The zero-order valence-electron chi connectivity index (χ0n) is 12.1. The van der Waals surface area contributed by atoms with Crippen molar-refractivity contribution >= 4 is 29.0 Å². The Bertz CT molecular complexity index is 553. The maximum Gasteiger partial charge on any atom is 0.305 e. The van der Waals surface area contributed by atoms with Crippen molar-refractivity contribution in [3.63, 3.8) is 0 Å². The van der Waals surface area contributed by atoms with Crippen LogP contribution in [-0.2, 0) is 0 Å². The van der Waals surface area contributed by atoms with Crippen molar-refractivity contribution in [2.75, 3.05) is 25.2 Å². The fraction of sp³-hybridized carbons (Fsp3) is 0.500. The molecular weight excluding hydrogens is 290 g/mol. The van der Waals surface area contributed by atoms with Crippen molar-refractivity contribution in [2.24, 2.45) is 0 Å². The number of nitrogens with one attached hydrogen (secondary N) is 2. The van der Waals surface area contributed by atoms with Crippen LogP contribution in [0.2, 0.25) is 0 Å². The summed E-state index contributed by atoms with van der Waals surface area (Å²) in [6.45, 7) is 0.550. The number of nitro groups is 1. The third-order valence-corrected chi connectivity index (χ3v) is 5.42. The first-order valence-corrected chi connectivity index (χ1v) is 8.04. The monoisotopic (exact) mass is 309 g/mol. The van der Waals surface area contributed by atoms with Gasteiger partial charge in [0.25, 0.3) is 5.91 Å². The number of benzene rings is 1. The molecule has 0 aliphatic heterocycles. The Morgan fingerprint density at radius 3 is 2.67 bits per heavy atom. The highest BCUT2D eigenvalue weighted by Crippen LogP contribution is 2.42. The molecule has 1 aliphatic rings. The van der Waals surface area contributed by atoms with Gasteiger partial charge in [-0.1, -0.05) is 12.5 Å². The number of rotatable bonds is 6. The number of carbonyl (C=O) groups is 1. The smallest absolute Gasteiger partial charge is 0.305 e. The summed E-state index contributed by atoms with van der Waals surface area (Å²) in [6, 6.07) is 4.71. The minimum absolute atomic E-state index is 0.0995. The van der Waals surface area contributed by atoms with E-state index in [0.29, 0.717) is 12.2 Å². The Hall–Kier alpha value is -1.76. The number of anilines is 1. The maximum absolute atomic E-state index is 12.3. The predicted molar refractivity (Wildman–Crippen MR) is 85.1 cm³/mol. The van der Waals surface area contributed by atoms with Crippen LogP contribution >= 0.6 is 11.8 Å². The molecule has 0 spiro atoms. The third-order valence-electron chi connectivity index (χ3n) is 4.00. The van der Waals surface area contributed by atoms with Crippen LogP contribution in [0.25, 0.3) is 0 Å². The number of carbonyl (C=O) groups excluding carboxylic acids is 1. The largest absolute Gasteiger partial charge is 0.383 e. The van der Waals surface area contributed by atoms with Crippen molar-refractivity contribution in [2.45, 2.75) is 24.0 Å². The molecule has 1 amide bonds. The van der Waals surface area contributed by atoms with Gasteiger partial charge < -0.3 is 10.6 Å². The van der Waals surface area contributed by atoms with Gasteiger partial charge in [0.05, 0.1) is 4.92 Å². The Kier molecular flexibility index (Phi) is 4.72. The van der Waals surface area contributed by atoms with Crippen molar-refractivity contribution in [3.8, 4) is 0 Å². The summed E-state index contributed by atoms with van der Waals surface area (Å²) in [5.74, 6) is -0.390. The lowest BCUT2D eigenvalue weighted by Gasteiger charge is -2.40. The molecule has 1 aliphatic carbocycles. The molecule has 1 aromatic carbocycles. The first-order valence-electron chi connectivity index (χ1n) is 6.81. The standard InChI is InChI=1S/C14H19N3O3S/c1-15-11-6-3-5-10(12(11)17(19)20)13(18)16-9-14(21-2)7-4-8-14/h3,5-6,15H,4,7-9H2,1-2H3,(H,16,18). The van der Waals surface area contributed by atoms with E-state index in [-0.39, 0.29) is 21.9 Å². The normalized spacial score (nSPS) is 15.9. The quantitative estimate of drug-likeness (QED) is 0.623. The van der Waals surface area contributed by atoms with Gasteiger partial charge in [0.2, 0.25) is 0 Å². The number of hydrogen-bond donors (Lipinski definition) is 2. The molecular formula is C14H19N3O3S. The second-order valence-corrected chi connectivity index (χ2v) is 6.41. The molecule has 0 heterocycles. The van der Waals surface area contributed by atoms with Gasteiger partial charge in [-0.3, -0.25) is 14.9 Å². The first kappa shape index (κ1) is 15.6. The Balaban J connectivity index is 2.17. The van der Waals surface area contributed by atoms with Gasteiger partial charge in [-0.2, -0.15) is 11.8 Å². The molecule has 1 aromatic rings. The Labute approximate surface area is 127 Å². The van der Waals surface area contributed by atoms with Gasteiger partial charge in [-0.15, -0.1) is 0 Å². The van der Waals surface area contributed by atoms with Crippen LogP contribution in [0.3, 0.4) is 0 Å². The zero-order chi connectivity index (χ0) is 15.5. The minimum Gasteiger partial charge on any atom is -0.383 e. The molecule has 7 heteroatoms. The van der Waals surface area contributed by atoms with Gasteiger partial charge in [0, 0.05) is 18.3 Å². The van der Waals surface area contributed by atoms with Gasteiger partial charge in [-0.25, -0.2) is 0 Å². The lowest BCUT2D eigenvalue weighted by Crippen LogP contribution is -2.45. The van der Waals surface area contributed by atoms with E-state index in [1.54, 1.807) is 30.9 Å². The Morgan fingerprint density at radius 2 is 2.19 bits per heavy atom. The maximum atomic E-state index is 12.3. The lowest BCUT2D eigenvalue weighted by molar-refractivity contribution is -0.384. The van der Waals surface area contributed by atoms with Gasteiger partial charge in [0.1, 0.15) is 11.3 Å². The van der Waals surface area contributed by atoms with Crippen LogP contribution in [0.1, 0.15) is 29.6 Å². The first-order chi connectivity index (χ1) is 10.0. The van der Waals surface area contributed by atoms with E-state index in [4.69, 9.17) is 0 Å².